The summed E-state index contributed by atoms with van der Waals surface area (Å²) in [4.78, 5) is 71.8. The Morgan fingerprint density at radius 1 is 0.909 bits per heavy atom. The standard InChI is InChI=1S/C32H57N7O5/c1-6-24-29(42)35-26(21-23-11-8-7-9-12-23)28(41)33-15-14-32(4,37-27(40)22(2)3)31(44)36-25(30(43)34-24)13-10-16-39-19-17-38(5)18-20-39/h22-26H,6-21H2,1-5H3,(H,33,41)(H,34,43)(H,35,42)(H,36,44)(H,37,40)/t24-,25-,26+,32+/m0/s1. The van der Waals surface area contributed by atoms with Crippen molar-refractivity contribution in [2.75, 3.05) is 46.3 Å². The summed E-state index contributed by atoms with van der Waals surface area (Å²) in [5.41, 5.74) is -1.36. The predicted octanol–water partition coefficient (Wildman–Crippen LogP) is 0.900. The Morgan fingerprint density at radius 2 is 1.55 bits per heavy atom. The molecule has 12 nitrogen and oxygen atoms in total. The van der Waals surface area contributed by atoms with E-state index in [-0.39, 0.29) is 30.7 Å². The van der Waals surface area contributed by atoms with Crippen LogP contribution in [-0.4, -0.2) is 109 Å². The quantitative estimate of drug-likeness (QED) is 0.257. The molecule has 2 saturated heterocycles. The van der Waals surface area contributed by atoms with Crippen LogP contribution < -0.4 is 26.6 Å². The number of carbonyl (C=O) groups is 5. The molecule has 3 rings (SSSR count). The summed E-state index contributed by atoms with van der Waals surface area (Å²) in [6.45, 7) is 11.7. The van der Waals surface area contributed by atoms with E-state index in [9.17, 15) is 24.0 Å². The number of amides is 5. The fourth-order valence-electron chi connectivity index (χ4n) is 6.27. The van der Waals surface area contributed by atoms with Gasteiger partial charge in [-0.2, -0.15) is 0 Å². The van der Waals surface area contributed by atoms with Crippen LogP contribution in [0, 0.1) is 11.8 Å². The average molecular weight is 620 g/mol. The second-order valence-corrected chi connectivity index (χ2v) is 13.6. The molecule has 0 aromatic rings. The normalized spacial score (nSPS) is 29.3. The van der Waals surface area contributed by atoms with Gasteiger partial charge < -0.3 is 36.4 Å². The van der Waals surface area contributed by atoms with E-state index in [1.165, 1.54) is 6.42 Å². The van der Waals surface area contributed by atoms with Gasteiger partial charge in [0, 0.05) is 38.6 Å². The summed E-state index contributed by atoms with van der Waals surface area (Å²) < 4.78 is 0. The first-order chi connectivity index (χ1) is 20.9. The zero-order valence-electron chi connectivity index (χ0n) is 27.6. The lowest BCUT2D eigenvalue weighted by Gasteiger charge is -2.34. The fraction of sp³-hybridized carbons (Fsp3) is 0.844. The number of nitrogens with one attached hydrogen (secondary N) is 5. The van der Waals surface area contributed by atoms with E-state index < -0.39 is 41.4 Å². The van der Waals surface area contributed by atoms with Crippen molar-refractivity contribution in [3.63, 3.8) is 0 Å². The second kappa shape index (κ2) is 17.1. The van der Waals surface area contributed by atoms with Crippen LogP contribution in [0.25, 0.3) is 0 Å². The zero-order chi connectivity index (χ0) is 32.3. The van der Waals surface area contributed by atoms with Crippen molar-refractivity contribution >= 4 is 29.5 Å². The largest absolute Gasteiger partial charge is 0.354 e. The van der Waals surface area contributed by atoms with Gasteiger partial charge in [-0.3, -0.25) is 24.0 Å². The van der Waals surface area contributed by atoms with Gasteiger partial charge >= 0.3 is 0 Å². The van der Waals surface area contributed by atoms with E-state index in [2.05, 4.69) is 43.4 Å². The second-order valence-electron chi connectivity index (χ2n) is 13.6. The van der Waals surface area contributed by atoms with E-state index >= 15 is 0 Å². The molecule has 1 aliphatic carbocycles. The third kappa shape index (κ3) is 10.7. The van der Waals surface area contributed by atoms with Crippen LogP contribution in [0.5, 0.6) is 0 Å². The number of hydrogen-bond acceptors (Lipinski definition) is 7. The van der Waals surface area contributed by atoms with Crippen molar-refractivity contribution in [1.29, 1.82) is 0 Å². The maximum Gasteiger partial charge on any atom is 0.246 e. The van der Waals surface area contributed by atoms with Crippen LogP contribution in [0.3, 0.4) is 0 Å². The summed E-state index contributed by atoms with van der Waals surface area (Å²) in [5, 5.41) is 14.5. The first-order valence-electron chi connectivity index (χ1n) is 16.8. The lowest BCUT2D eigenvalue weighted by atomic mass is 9.84. The highest BCUT2D eigenvalue weighted by molar-refractivity contribution is 5.97. The van der Waals surface area contributed by atoms with E-state index in [0.717, 1.165) is 58.4 Å². The van der Waals surface area contributed by atoms with Crippen molar-refractivity contribution in [1.82, 2.24) is 36.4 Å². The molecule has 1 saturated carbocycles. The van der Waals surface area contributed by atoms with Crippen molar-refractivity contribution in [3.8, 4) is 0 Å². The first kappa shape index (κ1) is 35.7. The Hall–Kier alpha value is -2.73. The van der Waals surface area contributed by atoms with E-state index in [1.807, 2.05) is 6.92 Å². The van der Waals surface area contributed by atoms with Crippen molar-refractivity contribution in [2.45, 2.75) is 116 Å². The zero-order valence-corrected chi connectivity index (χ0v) is 27.6. The highest BCUT2D eigenvalue weighted by Gasteiger charge is 2.39. The van der Waals surface area contributed by atoms with Crippen molar-refractivity contribution in [3.05, 3.63) is 0 Å². The minimum atomic E-state index is -1.36. The van der Waals surface area contributed by atoms with Gasteiger partial charge in [0.15, 0.2) is 0 Å². The molecule has 12 heteroatoms. The third-order valence-electron chi connectivity index (χ3n) is 9.50. The Bertz CT molecular complexity index is 993. The van der Waals surface area contributed by atoms with Gasteiger partial charge in [-0.05, 0) is 58.5 Å². The average Bonchev–Trinajstić information content (AvgIpc) is 2.99. The van der Waals surface area contributed by atoms with Gasteiger partial charge in [0.25, 0.3) is 0 Å². The van der Waals surface area contributed by atoms with Gasteiger partial charge in [-0.25, -0.2) is 0 Å². The fourth-order valence-corrected chi connectivity index (χ4v) is 6.27. The molecule has 2 heterocycles. The van der Waals surface area contributed by atoms with Crippen molar-refractivity contribution in [2.24, 2.45) is 11.8 Å². The highest BCUT2D eigenvalue weighted by atomic mass is 16.2. The molecule has 0 radical (unpaired) electrons. The number of nitrogens with zero attached hydrogens (tertiary/aromatic N) is 2. The predicted molar refractivity (Wildman–Crippen MR) is 169 cm³/mol. The number of carbonyl (C=O) groups excluding carboxylic acids is 5. The lowest BCUT2D eigenvalue weighted by Crippen LogP contribution is -2.63. The minimum Gasteiger partial charge on any atom is -0.354 e. The molecule has 0 aromatic carbocycles. The van der Waals surface area contributed by atoms with Crippen LogP contribution in [0.4, 0.5) is 0 Å². The molecule has 0 unspecified atom stereocenters. The summed E-state index contributed by atoms with van der Waals surface area (Å²) in [5.74, 6) is -1.97. The Kier molecular flexibility index (Phi) is 13.9. The van der Waals surface area contributed by atoms with Crippen LogP contribution in [-0.2, 0) is 24.0 Å². The molecule has 3 fully saturated rings. The smallest absolute Gasteiger partial charge is 0.246 e. The number of piperazine rings is 1. The summed E-state index contributed by atoms with van der Waals surface area (Å²) in [6.07, 6.45) is 7.49. The maximum absolute atomic E-state index is 13.8. The molecule has 5 N–H and O–H groups in total. The van der Waals surface area contributed by atoms with Gasteiger partial charge in [0.2, 0.25) is 29.5 Å². The third-order valence-corrected chi connectivity index (χ3v) is 9.50. The molecular formula is C32H57N7O5. The summed E-state index contributed by atoms with van der Waals surface area (Å²) in [6, 6.07) is -2.48. The van der Waals surface area contributed by atoms with Gasteiger partial charge in [0.05, 0.1) is 0 Å². The van der Waals surface area contributed by atoms with Crippen molar-refractivity contribution < 1.29 is 24.0 Å². The van der Waals surface area contributed by atoms with Gasteiger partial charge in [-0.1, -0.05) is 52.9 Å². The van der Waals surface area contributed by atoms with E-state index in [0.29, 0.717) is 31.6 Å². The van der Waals surface area contributed by atoms with Crippen LogP contribution in [0.1, 0.15) is 91.9 Å². The van der Waals surface area contributed by atoms with E-state index in [1.54, 1.807) is 20.8 Å². The molecule has 44 heavy (non-hydrogen) atoms. The molecule has 3 aliphatic rings. The van der Waals surface area contributed by atoms with Crippen LogP contribution in [0.2, 0.25) is 0 Å². The number of hydrogen-bond donors (Lipinski definition) is 5. The van der Waals surface area contributed by atoms with Crippen LogP contribution in [0.15, 0.2) is 0 Å². The molecule has 250 valence electrons. The SMILES string of the molecule is CC[C@@H]1NC(=O)[C@H](CCCN2CCN(C)CC2)NC(=O)[C@](C)(NC(=O)C(C)C)CCNC(=O)[C@@H](CC2CCCCC2)NC1=O. The molecule has 0 aromatic heterocycles. The van der Waals surface area contributed by atoms with Gasteiger partial charge in [0.1, 0.15) is 23.7 Å². The number of likely N-dealkylation sites (N-methyl/N-ethyl adjacent to an activating group) is 1. The molecule has 0 bridgehead atoms. The molecule has 4 atom stereocenters. The molecule has 5 amide bonds. The summed E-state index contributed by atoms with van der Waals surface area (Å²) >= 11 is 0. The minimum absolute atomic E-state index is 0.121. The van der Waals surface area contributed by atoms with E-state index in [4.69, 9.17) is 0 Å². The summed E-state index contributed by atoms with van der Waals surface area (Å²) in [7, 11) is 2.10. The molecule has 0 spiro atoms. The molecular weight excluding hydrogens is 562 g/mol. The maximum atomic E-state index is 13.8. The Morgan fingerprint density at radius 3 is 2.18 bits per heavy atom. The topological polar surface area (TPSA) is 152 Å². The van der Waals surface area contributed by atoms with Crippen LogP contribution >= 0.6 is 0 Å². The number of rotatable bonds is 9. The molecule has 2 aliphatic heterocycles. The van der Waals surface area contributed by atoms with Gasteiger partial charge in [-0.15, -0.1) is 0 Å². The first-order valence-corrected chi connectivity index (χ1v) is 16.8. The monoisotopic (exact) mass is 619 g/mol. The lowest BCUT2D eigenvalue weighted by molar-refractivity contribution is -0.138. The Balaban J connectivity index is 1.83. The highest BCUT2D eigenvalue weighted by Crippen LogP contribution is 2.27. The Labute approximate surface area is 263 Å².